The second kappa shape index (κ2) is 11.1. The van der Waals surface area contributed by atoms with Crippen LogP contribution in [0.25, 0.3) is 6.08 Å². The topological polar surface area (TPSA) is 102 Å². The van der Waals surface area contributed by atoms with Crippen LogP contribution >= 0.6 is 23.4 Å². The molecule has 1 saturated heterocycles. The molecule has 10 heteroatoms. The van der Waals surface area contributed by atoms with Gasteiger partial charge in [0.15, 0.2) is 11.5 Å². The summed E-state index contributed by atoms with van der Waals surface area (Å²) >= 11 is 6.67. The zero-order chi connectivity index (χ0) is 25.7. The molecule has 0 atom stereocenters. The Balaban J connectivity index is 1.50. The van der Waals surface area contributed by atoms with Crippen LogP contribution in [-0.4, -0.2) is 41.6 Å². The van der Waals surface area contributed by atoms with E-state index in [1.165, 1.54) is 25.3 Å². The van der Waals surface area contributed by atoms with E-state index in [1.54, 1.807) is 60.7 Å². The number of anilines is 1. The minimum atomic E-state index is -0.641. The standard InChI is InChI=1S/C26H19ClN2O6S/c1-34-20-11-10-16(12-21(20)35-25(32)17-6-5-7-18(27)14-17)13-22-24(31)29(26(33)36-22)15-23(30)28-19-8-3-2-4-9-19/h2-14H,15H2,1H3,(H,28,30)/b22-13-. The van der Waals surface area contributed by atoms with Crippen molar-refractivity contribution in [1.82, 2.24) is 4.90 Å². The number of thioether (sulfide) groups is 1. The van der Waals surface area contributed by atoms with E-state index >= 15 is 0 Å². The maximum absolute atomic E-state index is 12.8. The van der Waals surface area contributed by atoms with E-state index in [2.05, 4.69) is 5.32 Å². The summed E-state index contributed by atoms with van der Waals surface area (Å²) in [5.74, 6) is -1.31. The molecule has 1 aliphatic heterocycles. The summed E-state index contributed by atoms with van der Waals surface area (Å²) < 4.78 is 10.8. The van der Waals surface area contributed by atoms with Gasteiger partial charge < -0.3 is 14.8 Å². The summed E-state index contributed by atoms with van der Waals surface area (Å²) in [5.41, 5.74) is 1.30. The van der Waals surface area contributed by atoms with Crippen LogP contribution in [-0.2, 0) is 9.59 Å². The van der Waals surface area contributed by atoms with Gasteiger partial charge in [-0.05, 0) is 65.9 Å². The quantitative estimate of drug-likeness (QED) is 0.257. The number of imide groups is 1. The van der Waals surface area contributed by atoms with Gasteiger partial charge in [-0.1, -0.05) is 41.9 Å². The highest BCUT2D eigenvalue weighted by Crippen LogP contribution is 2.35. The predicted octanol–water partition coefficient (Wildman–Crippen LogP) is 5.24. The van der Waals surface area contributed by atoms with Crippen molar-refractivity contribution in [3.8, 4) is 11.5 Å². The van der Waals surface area contributed by atoms with Crippen molar-refractivity contribution in [1.29, 1.82) is 0 Å². The second-order valence-electron chi connectivity index (χ2n) is 7.49. The van der Waals surface area contributed by atoms with Gasteiger partial charge in [0.2, 0.25) is 5.91 Å². The number of esters is 1. The molecule has 3 amide bonds. The monoisotopic (exact) mass is 522 g/mol. The number of nitrogens with one attached hydrogen (secondary N) is 1. The Bertz CT molecular complexity index is 1380. The van der Waals surface area contributed by atoms with Crippen LogP contribution in [0.15, 0.2) is 77.7 Å². The molecule has 1 N–H and O–H groups in total. The summed E-state index contributed by atoms with van der Waals surface area (Å²) in [6.07, 6.45) is 1.48. The second-order valence-corrected chi connectivity index (χ2v) is 8.92. The molecular weight excluding hydrogens is 504 g/mol. The van der Waals surface area contributed by atoms with Crippen LogP contribution in [0.3, 0.4) is 0 Å². The lowest BCUT2D eigenvalue weighted by atomic mass is 10.1. The highest BCUT2D eigenvalue weighted by atomic mass is 35.5. The Morgan fingerprint density at radius 1 is 1.00 bits per heavy atom. The molecule has 0 bridgehead atoms. The zero-order valence-corrected chi connectivity index (χ0v) is 20.5. The van der Waals surface area contributed by atoms with Crippen molar-refractivity contribution in [2.24, 2.45) is 0 Å². The minimum Gasteiger partial charge on any atom is -0.493 e. The molecule has 0 unspecified atom stereocenters. The Kier molecular flexibility index (Phi) is 7.72. The van der Waals surface area contributed by atoms with Crippen molar-refractivity contribution in [2.75, 3.05) is 19.0 Å². The number of benzene rings is 3. The molecule has 36 heavy (non-hydrogen) atoms. The predicted molar refractivity (Wildman–Crippen MR) is 137 cm³/mol. The van der Waals surface area contributed by atoms with Crippen LogP contribution in [0.4, 0.5) is 10.5 Å². The third kappa shape index (κ3) is 5.94. The van der Waals surface area contributed by atoms with E-state index in [-0.39, 0.29) is 16.2 Å². The fraction of sp³-hybridized carbons (Fsp3) is 0.0769. The molecule has 0 aliphatic carbocycles. The molecule has 0 spiro atoms. The number of hydrogen-bond donors (Lipinski definition) is 1. The summed E-state index contributed by atoms with van der Waals surface area (Å²) in [6, 6.07) is 19.8. The Morgan fingerprint density at radius 3 is 2.50 bits per heavy atom. The van der Waals surface area contributed by atoms with Gasteiger partial charge in [0, 0.05) is 10.7 Å². The summed E-state index contributed by atoms with van der Waals surface area (Å²) in [7, 11) is 1.43. The van der Waals surface area contributed by atoms with E-state index in [9.17, 15) is 19.2 Å². The van der Waals surface area contributed by atoms with Gasteiger partial charge >= 0.3 is 5.97 Å². The van der Waals surface area contributed by atoms with Gasteiger partial charge in [-0.15, -0.1) is 0 Å². The van der Waals surface area contributed by atoms with E-state index in [1.807, 2.05) is 0 Å². The first-order chi connectivity index (χ1) is 17.3. The molecule has 4 rings (SSSR count). The number of amides is 3. The number of ether oxygens (including phenoxy) is 2. The SMILES string of the molecule is COc1ccc(/C=C2\SC(=O)N(CC(=O)Nc3ccccc3)C2=O)cc1OC(=O)c1cccc(Cl)c1. The van der Waals surface area contributed by atoms with Gasteiger partial charge in [-0.2, -0.15) is 0 Å². The molecule has 1 fully saturated rings. The Labute approximate surface area is 215 Å². The first-order valence-corrected chi connectivity index (χ1v) is 11.8. The molecule has 0 aromatic heterocycles. The molecule has 3 aromatic rings. The maximum atomic E-state index is 12.8. The van der Waals surface area contributed by atoms with Crippen LogP contribution in [0.5, 0.6) is 11.5 Å². The lowest BCUT2D eigenvalue weighted by Gasteiger charge is -2.12. The van der Waals surface area contributed by atoms with E-state index in [0.717, 1.165) is 16.7 Å². The average molecular weight is 523 g/mol. The zero-order valence-electron chi connectivity index (χ0n) is 18.9. The summed E-state index contributed by atoms with van der Waals surface area (Å²) in [5, 5.41) is 2.47. The number of carbonyl (C=O) groups excluding carboxylic acids is 4. The molecule has 1 aliphatic rings. The normalized spacial score (nSPS) is 14.2. The molecule has 8 nitrogen and oxygen atoms in total. The number of halogens is 1. The highest BCUT2D eigenvalue weighted by Gasteiger charge is 2.36. The lowest BCUT2D eigenvalue weighted by Crippen LogP contribution is -2.36. The van der Waals surface area contributed by atoms with Crippen molar-refractivity contribution in [3.63, 3.8) is 0 Å². The number of nitrogens with zero attached hydrogens (tertiary/aromatic N) is 1. The van der Waals surface area contributed by atoms with Crippen molar-refractivity contribution >= 4 is 58.1 Å². The first-order valence-electron chi connectivity index (χ1n) is 10.6. The van der Waals surface area contributed by atoms with Crippen LogP contribution < -0.4 is 14.8 Å². The van der Waals surface area contributed by atoms with Crippen LogP contribution in [0, 0.1) is 0 Å². The van der Waals surface area contributed by atoms with E-state index in [4.69, 9.17) is 21.1 Å². The van der Waals surface area contributed by atoms with Crippen LogP contribution in [0.1, 0.15) is 15.9 Å². The highest BCUT2D eigenvalue weighted by molar-refractivity contribution is 8.18. The fourth-order valence-corrected chi connectivity index (χ4v) is 4.32. The van der Waals surface area contributed by atoms with E-state index < -0.39 is 29.6 Å². The fourth-order valence-electron chi connectivity index (χ4n) is 3.29. The third-order valence-electron chi connectivity index (χ3n) is 4.98. The summed E-state index contributed by atoms with van der Waals surface area (Å²) in [4.78, 5) is 51.1. The maximum Gasteiger partial charge on any atom is 0.343 e. The third-order valence-corrected chi connectivity index (χ3v) is 6.12. The van der Waals surface area contributed by atoms with E-state index in [0.29, 0.717) is 22.0 Å². The molecule has 0 saturated carbocycles. The molecule has 1 heterocycles. The van der Waals surface area contributed by atoms with Crippen molar-refractivity contribution in [2.45, 2.75) is 0 Å². The van der Waals surface area contributed by atoms with Gasteiger partial charge in [0.05, 0.1) is 17.6 Å². The van der Waals surface area contributed by atoms with Gasteiger partial charge in [0.25, 0.3) is 11.1 Å². The van der Waals surface area contributed by atoms with Gasteiger partial charge in [-0.3, -0.25) is 19.3 Å². The Hall–Kier alpha value is -4.08. The molecule has 0 radical (unpaired) electrons. The number of methoxy groups -OCH3 is 1. The molecular formula is C26H19ClN2O6S. The largest absolute Gasteiger partial charge is 0.493 e. The average Bonchev–Trinajstić information content (AvgIpc) is 3.12. The smallest absolute Gasteiger partial charge is 0.343 e. The Morgan fingerprint density at radius 2 is 1.78 bits per heavy atom. The van der Waals surface area contributed by atoms with Gasteiger partial charge in [0.1, 0.15) is 6.54 Å². The number of rotatable bonds is 7. The van der Waals surface area contributed by atoms with Crippen molar-refractivity contribution < 1.29 is 28.7 Å². The minimum absolute atomic E-state index is 0.123. The number of para-hydroxylation sites is 1. The first kappa shape index (κ1) is 25.0. The van der Waals surface area contributed by atoms with Gasteiger partial charge in [-0.25, -0.2) is 4.79 Å². The van der Waals surface area contributed by atoms with Crippen molar-refractivity contribution in [3.05, 3.63) is 93.9 Å². The number of hydrogen-bond acceptors (Lipinski definition) is 7. The number of carbonyl (C=O) groups is 4. The summed E-state index contributed by atoms with van der Waals surface area (Å²) in [6.45, 7) is -0.415. The lowest BCUT2D eigenvalue weighted by molar-refractivity contribution is -0.127. The molecule has 3 aromatic carbocycles. The molecule has 182 valence electrons. The van der Waals surface area contributed by atoms with Crippen LogP contribution in [0.2, 0.25) is 5.02 Å².